The van der Waals surface area contributed by atoms with Gasteiger partial charge in [0, 0.05) is 30.5 Å². The summed E-state index contributed by atoms with van der Waals surface area (Å²) in [6, 6.07) is 1.44. The summed E-state index contributed by atoms with van der Waals surface area (Å²) in [7, 11) is 1.32. The lowest BCUT2D eigenvalue weighted by atomic mass is 9.88. The molecule has 0 saturated carbocycles. The van der Waals surface area contributed by atoms with Gasteiger partial charge in [0.15, 0.2) is 11.5 Å². The third-order valence-electron chi connectivity index (χ3n) is 5.23. The largest absolute Gasteiger partial charge is 0.493 e. The molecular formula is C22H26F3IN2O7. The second-order valence-corrected chi connectivity index (χ2v) is 8.82. The fourth-order valence-corrected chi connectivity index (χ4v) is 4.38. The van der Waals surface area contributed by atoms with Crippen molar-refractivity contribution in [3.63, 3.8) is 0 Å². The van der Waals surface area contributed by atoms with E-state index in [4.69, 9.17) is 14.6 Å². The molecule has 2 rings (SSSR count). The van der Waals surface area contributed by atoms with Gasteiger partial charge in [0.05, 0.1) is 23.3 Å². The minimum absolute atomic E-state index is 0.0201. The number of carbonyl (C=O) groups excluding carboxylic acids is 3. The van der Waals surface area contributed by atoms with Gasteiger partial charge in [-0.05, 0) is 40.8 Å². The minimum Gasteiger partial charge on any atom is -0.493 e. The van der Waals surface area contributed by atoms with E-state index in [0.29, 0.717) is 14.8 Å². The first-order chi connectivity index (χ1) is 16.4. The maximum Gasteiger partial charge on any atom is 0.406 e. The maximum absolute atomic E-state index is 13.3. The van der Waals surface area contributed by atoms with Crippen LogP contribution < -0.4 is 14.8 Å². The summed E-state index contributed by atoms with van der Waals surface area (Å²) in [5, 5.41) is 22.4. The molecule has 1 aromatic rings. The van der Waals surface area contributed by atoms with Crippen LogP contribution >= 0.6 is 22.6 Å². The van der Waals surface area contributed by atoms with Crippen LogP contribution in [-0.4, -0.2) is 84.4 Å². The highest BCUT2D eigenvalue weighted by molar-refractivity contribution is 14.1. The number of aliphatic hydroxyl groups is 2. The lowest BCUT2D eigenvalue weighted by molar-refractivity contribution is -0.172. The number of ether oxygens (including phenoxy) is 2. The first kappa shape index (κ1) is 28.8. The molecule has 1 aliphatic rings. The van der Waals surface area contributed by atoms with Crippen molar-refractivity contribution in [3.05, 3.63) is 32.9 Å². The second kappa shape index (κ2) is 12.5. The summed E-state index contributed by atoms with van der Waals surface area (Å²) in [5.74, 6) is -1.31. The lowest BCUT2D eigenvalue weighted by Crippen LogP contribution is -2.57. The number of halogens is 4. The molecule has 2 amide bonds. The van der Waals surface area contributed by atoms with Crippen molar-refractivity contribution < 1.29 is 47.2 Å². The first-order valence-electron chi connectivity index (χ1n) is 10.6. The number of nitrogens with one attached hydrogen (secondary N) is 1. The van der Waals surface area contributed by atoms with Gasteiger partial charge < -0.3 is 29.9 Å². The molecule has 194 valence electrons. The van der Waals surface area contributed by atoms with E-state index in [1.807, 2.05) is 22.6 Å². The molecule has 3 atom stereocenters. The number of aliphatic hydroxyl groups excluding tert-OH is 2. The number of amides is 2. The summed E-state index contributed by atoms with van der Waals surface area (Å²) in [6.45, 7) is -0.693. The van der Waals surface area contributed by atoms with Crippen LogP contribution in [-0.2, 0) is 9.59 Å². The molecule has 0 aromatic heterocycles. The Balaban J connectivity index is 2.53. The van der Waals surface area contributed by atoms with E-state index in [-0.39, 0.29) is 48.6 Å². The number of nitrogens with zero attached hydrogens (tertiary/aromatic N) is 1. The standard InChI is InChI=1S/C22H26F3IN2O7/c1-3-18(31)28(11-22(23,24)25)15-8-13(21(33)27-4-5-29)9-16(19(15)32)35-20-14(26)6-12(10-30)7-17(20)34-2/h6-7,9-10,15-16,19,29,32H,3-5,8,11H2,1-2H3,(H,27,33). The zero-order valence-electron chi connectivity index (χ0n) is 19.0. The second-order valence-electron chi connectivity index (χ2n) is 7.66. The molecule has 1 aliphatic carbocycles. The van der Waals surface area contributed by atoms with Crippen LogP contribution in [0.4, 0.5) is 13.2 Å². The van der Waals surface area contributed by atoms with E-state index >= 15 is 0 Å². The molecule has 0 heterocycles. The molecule has 3 N–H and O–H groups in total. The van der Waals surface area contributed by atoms with Crippen molar-refractivity contribution in [2.45, 2.75) is 44.2 Å². The van der Waals surface area contributed by atoms with Gasteiger partial charge in [-0.15, -0.1) is 0 Å². The lowest BCUT2D eigenvalue weighted by Gasteiger charge is -2.40. The molecule has 13 heteroatoms. The van der Waals surface area contributed by atoms with Gasteiger partial charge in [0.1, 0.15) is 25.0 Å². The maximum atomic E-state index is 13.3. The molecule has 0 aliphatic heterocycles. The van der Waals surface area contributed by atoms with E-state index in [2.05, 4.69) is 5.32 Å². The minimum atomic E-state index is -4.75. The fraction of sp³-hybridized carbons (Fsp3) is 0.500. The molecule has 0 fully saturated rings. The van der Waals surface area contributed by atoms with E-state index in [1.54, 1.807) is 0 Å². The Morgan fingerprint density at radius 1 is 1.34 bits per heavy atom. The quantitative estimate of drug-likeness (QED) is 0.272. The average Bonchev–Trinajstić information content (AvgIpc) is 2.81. The van der Waals surface area contributed by atoms with Crippen molar-refractivity contribution in [2.75, 3.05) is 26.8 Å². The number of carbonyl (C=O) groups is 3. The van der Waals surface area contributed by atoms with Crippen molar-refractivity contribution in [1.29, 1.82) is 0 Å². The number of hydrogen-bond donors (Lipinski definition) is 3. The number of rotatable bonds is 10. The van der Waals surface area contributed by atoms with Gasteiger partial charge in [-0.1, -0.05) is 6.92 Å². The molecule has 0 radical (unpaired) electrons. The van der Waals surface area contributed by atoms with Crippen LogP contribution in [0.1, 0.15) is 30.1 Å². The van der Waals surface area contributed by atoms with Crippen molar-refractivity contribution in [3.8, 4) is 11.5 Å². The Morgan fingerprint density at radius 2 is 2.03 bits per heavy atom. The Kier molecular flexibility index (Phi) is 10.3. The van der Waals surface area contributed by atoms with Gasteiger partial charge in [-0.3, -0.25) is 14.4 Å². The number of hydrogen-bond acceptors (Lipinski definition) is 7. The van der Waals surface area contributed by atoms with Crippen molar-refractivity contribution >= 4 is 40.7 Å². The fourth-order valence-electron chi connectivity index (χ4n) is 3.62. The summed E-state index contributed by atoms with van der Waals surface area (Å²) in [6.07, 6.45) is -6.47. The van der Waals surface area contributed by atoms with Crippen LogP contribution in [0.2, 0.25) is 0 Å². The third kappa shape index (κ3) is 7.54. The van der Waals surface area contributed by atoms with E-state index in [1.165, 1.54) is 32.2 Å². The number of benzene rings is 1. The van der Waals surface area contributed by atoms with Crippen molar-refractivity contribution in [1.82, 2.24) is 10.2 Å². The predicted octanol–water partition coefficient (Wildman–Crippen LogP) is 1.83. The van der Waals surface area contributed by atoms with E-state index in [9.17, 15) is 32.7 Å². The van der Waals surface area contributed by atoms with Crippen LogP contribution in [0, 0.1) is 3.57 Å². The normalized spacial score (nSPS) is 20.0. The number of aldehydes is 1. The molecular weight excluding hydrogens is 588 g/mol. The Labute approximate surface area is 213 Å². The van der Waals surface area contributed by atoms with Crippen LogP contribution in [0.15, 0.2) is 23.8 Å². The zero-order chi connectivity index (χ0) is 26.3. The third-order valence-corrected chi connectivity index (χ3v) is 6.03. The highest BCUT2D eigenvalue weighted by atomic mass is 127. The van der Waals surface area contributed by atoms with Gasteiger partial charge >= 0.3 is 6.18 Å². The smallest absolute Gasteiger partial charge is 0.406 e. The van der Waals surface area contributed by atoms with Gasteiger partial charge in [-0.2, -0.15) is 13.2 Å². The van der Waals surface area contributed by atoms with Crippen LogP contribution in [0.3, 0.4) is 0 Å². The van der Waals surface area contributed by atoms with E-state index in [0.717, 1.165) is 0 Å². The van der Waals surface area contributed by atoms with E-state index < -0.39 is 42.8 Å². The summed E-state index contributed by atoms with van der Waals surface area (Å²) >= 11 is 1.87. The first-order valence-corrected chi connectivity index (χ1v) is 11.7. The van der Waals surface area contributed by atoms with Crippen LogP contribution in [0.5, 0.6) is 11.5 Å². The summed E-state index contributed by atoms with van der Waals surface area (Å²) in [5.41, 5.74) is 0.262. The summed E-state index contributed by atoms with van der Waals surface area (Å²) < 4.78 is 51.5. The molecule has 1 aromatic carbocycles. The SMILES string of the molecule is CCC(=O)N(CC(F)(F)F)C1CC(C(=O)NCCO)=CC(Oc2c(I)cc(C=O)cc2OC)C1O. The summed E-state index contributed by atoms with van der Waals surface area (Å²) in [4.78, 5) is 36.7. The Morgan fingerprint density at radius 3 is 2.57 bits per heavy atom. The van der Waals surface area contributed by atoms with Crippen LogP contribution in [0.25, 0.3) is 0 Å². The molecule has 0 bridgehead atoms. The number of methoxy groups -OCH3 is 1. The highest BCUT2D eigenvalue weighted by Gasteiger charge is 2.44. The Hall–Kier alpha value is -2.39. The zero-order valence-corrected chi connectivity index (χ0v) is 21.1. The van der Waals surface area contributed by atoms with Gasteiger partial charge in [-0.25, -0.2) is 0 Å². The topological polar surface area (TPSA) is 125 Å². The Bertz CT molecular complexity index is 971. The average molecular weight is 614 g/mol. The molecule has 9 nitrogen and oxygen atoms in total. The monoisotopic (exact) mass is 614 g/mol. The molecule has 0 saturated heterocycles. The number of alkyl halides is 3. The van der Waals surface area contributed by atoms with Crippen molar-refractivity contribution in [2.24, 2.45) is 0 Å². The van der Waals surface area contributed by atoms with Gasteiger partial charge in [0.25, 0.3) is 0 Å². The molecule has 0 spiro atoms. The molecule has 35 heavy (non-hydrogen) atoms. The highest BCUT2D eigenvalue weighted by Crippen LogP contribution is 2.37. The molecule has 3 unspecified atom stereocenters. The van der Waals surface area contributed by atoms with Gasteiger partial charge in [0.2, 0.25) is 11.8 Å². The predicted molar refractivity (Wildman–Crippen MR) is 126 cm³/mol.